The van der Waals surface area contributed by atoms with Gasteiger partial charge >= 0.3 is 5.97 Å². The van der Waals surface area contributed by atoms with Crippen molar-refractivity contribution in [1.82, 2.24) is 5.32 Å². The number of amides is 1. The van der Waals surface area contributed by atoms with Crippen LogP contribution in [0.4, 0.5) is 5.69 Å². The Morgan fingerprint density at radius 2 is 1.31 bits per heavy atom. The molecule has 7 nitrogen and oxygen atoms in total. The van der Waals surface area contributed by atoms with Crippen LogP contribution in [-0.2, 0) is 20.7 Å². The molecule has 3 rings (SSSR count). The van der Waals surface area contributed by atoms with Crippen molar-refractivity contribution in [2.75, 3.05) is 25.1 Å². The average molecular weight is 493 g/mol. The molecule has 0 aliphatic rings. The van der Waals surface area contributed by atoms with Gasteiger partial charge in [0.2, 0.25) is 5.91 Å². The number of hydrogen-bond donors (Lipinski definition) is 2. The van der Waals surface area contributed by atoms with Crippen molar-refractivity contribution in [3.8, 4) is 11.5 Å². The molecule has 0 fully saturated rings. The van der Waals surface area contributed by atoms with Crippen molar-refractivity contribution in [1.29, 1.82) is 0 Å². The lowest BCUT2D eigenvalue weighted by atomic mass is 10.2. The quantitative estimate of drug-likeness (QED) is 0.218. The Hall–Kier alpha value is -3.91. The summed E-state index contributed by atoms with van der Waals surface area (Å²) in [6, 6.07) is 26.4. The van der Waals surface area contributed by atoms with Crippen molar-refractivity contribution >= 4 is 34.9 Å². The summed E-state index contributed by atoms with van der Waals surface area (Å²) in [4.78, 5) is 23.9. The summed E-state index contributed by atoms with van der Waals surface area (Å²) < 4.78 is 16.4. The number of hydrogen-bond acceptors (Lipinski definition) is 6. The molecule has 0 aliphatic heterocycles. The van der Waals surface area contributed by atoms with E-state index in [1.54, 1.807) is 24.3 Å². The fraction of sp³-hybridized carbons (Fsp3) is 0.222. The van der Waals surface area contributed by atoms with Crippen LogP contribution in [0.25, 0.3) is 0 Å². The Labute approximate surface area is 210 Å². The van der Waals surface area contributed by atoms with Gasteiger partial charge in [0.1, 0.15) is 24.7 Å². The van der Waals surface area contributed by atoms with Gasteiger partial charge in [0.25, 0.3) is 0 Å². The van der Waals surface area contributed by atoms with Gasteiger partial charge < -0.3 is 24.8 Å². The molecule has 0 saturated heterocycles. The zero-order valence-corrected chi connectivity index (χ0v) is 20.1. The van der Waals surface area contributed by atoms with Crippen LogP contribution >= 0.6 is 12.2 Å². The summed E-state index contributed by atoms with van der Waals surface area (Å²) in [5, 5.41) is 5.65. The molecule has 0 aliphatic carbocycles. The lowest BCUT2D eigenvalue weighted by molar-refractivity contribution is -0.144. The molecule has 0 spiro atoms. The van der Waals surface area contributed by atoms with E-state index in [9.17, 15) is 9.59 Å². The first-order valence-electron chi connectivity index (χ1n) is 11.3. The van der Waals surface area contributed by atoms with E-state index in [0.717, 1.165) is 11.3 Å². The number of esters is 1. The number of thiocarbonyl (C=S) groups is 1. The normalized spacial score (nSPS) is 10.2. The first kappa shape index (κ1) is 25.7. The van der Waals surface area contributed by atoms with Gasteiger partial charge in [-0.05, 0) is 54.2 Å². The van der Waals surface area contributed by atoms with Gasteiger partial charge in [-0.1, -0.05) is 48.5 Å². The molecule has 0 atom stereocenters. The lowest BCUT2D eigenvalue weighted by Crippen LogP contribution is -2.34. The average Bonchev–Trinajstić information content (AvgIpc) is 2.87. The molecule has 0 saturated carbocycles. The van der Waals surface area contributed by atoms with Gasteiger partial charge in [-0.25, -0.2) is 0 Å². The fourth-order valence-electron chi connectivity index (χ4n) is 3.04. The molecule has 0 unspecified atom stereocenters. The van der Waals surface area contributed by atoms with E-state index in [2.05, 4.69) is 10.6 Å². The number of carbonyl (C=O) groups is 2. The van der Waals surface area contributed by atoms with E-state index in [1.165, 1.54) is 0 Å². The first-order valence-corrected chi connectivity index (χ1v) is 11.7. The van der Waals surface area contributed by atoms with E-state index < -0.39 is 5.97 Å². The maximum atomic E-state index is 12.1. The monoisotopic (exact) mass is 492 g/mol. The van der Waals surface area contributed by atoms with Crippen LogP contribution in [0.15, 0.2) is 84.9 Å². The molecule has 2 N–H and O–H groups in total. The number of benzene rings is 3. The van der Waals surface area contributed by atoms with Crippen LogP contribution in [0.5, 0.6) is 11.5 Å². The Kier molecular flexibility index (Phi) is 10.6. The summed E-state index contributed by atoms with van der Waals surface area (Å²) in [6.45, 7) is 1.12. The maximum Gasteiger partial charge on any atom is 0.306 e. The van der Waals surface area contributed by atoms with E-state index >= 15 is 0 Å². The zero-order chi connectivity index (χ0) is 24.7. The summed E-state index contributed by atoms with van der Waals surface area (Å²) in [6.07, 6.45) is 0.616. The second-order valence-electron chi connectivity index (χ2n) is 7.49. The summed E-state index contributed by atoms with van der Waals surface area (Å²) in [5.74, 6) is 0.708. The molecule has 182 valence electrons. The minimum Gasteiger partial charge on any atom is -0.490 e. The number of rotatable bonds is 12. The predicted octanol–water partition coefficient (Wildman–Crippen LogP) is 4.52. The summed E-state index contributed by atoms with van der Waals surface area (Å²) in [7, 11) is 0. The van der Waals surface area contributed by atoms with Gasteiger partial charge in [0.15, 0.2) is 5.11 Å². The Balaban J connectivity index is 1.27. The van der Waals surface area contributed by atoms with Gasteiger partial charge in [-0.2, -0.15) is 0 Å². The number of nitrogens with one attached hydrogen (secondary N) is 2. The molecule has 0 aromatic heterocycles. The highest BCUT2D eigenvalue weighted by molar-refractivity contribution is 7.80. The molecule has 0 bridgehead atoms. The Bertz CT molecular complexity index is 1080. The van der Waals surface area contributed by atoms with Crippen molar-refractivity contribution in [3.63, 3.8) is 0 Å². The molecule has 1 amide bonds. The lowest BCUT2D eigenvalue weighted by Gasteiger charge is -2.11. The predicted molar refractivity (Wildman–Crippen MR) is 139 cm³/mol. The topological polar surface area (TPSA) is 85.9 Å². The van der Waals surface area contributed by atoms with Crippen molar-refractivity contribution in [3.05, 3.63) is 90.5 Å². The molecule has 3 aromatic rings. The summed E-state index contributed by atoms with van der Waals surface area (Å²) in [5.41, 5.74) is 1.79. The van der Waals surface area contributed by atoms with Crippen LogP contribution in [0.3, 0.4) is 0 Å². The smallest absolute Gasteiger partial charge is 0.306 e. The van der Waals surface area contributed by atoms with Crippen molar-refractivity contribution < 1.29 is 23.8 Å². The molecule has 35 heavy (non-hydrogen) atoms. The highest BCUT2D eigenvalue weighted by Gasteiger charge is 2.10. The molecular formula is C27H28N2O5S. The van der Waals surface area contributed by atoms with Gasteiger partial charge in [0.05, 0.1) is 13.0 Å². The summed E-state index contributed by atoms with van der Waals surface area (Å²) >= 11 is 5.17. The standard InChI is InChI=1S/C27H28N2O5S/c30-25(15-16-26(31)34-18-17-21-7-3-1-4-8-21)29-27(35)28-22-11-13-24(14-12-22)33-20-19-32-23-9-5-2-6-10-23/h1-14H,15-20H2,(H2,28,29,30,35). The molecule has 0 heterocycles. The van der Waals surface area contributed by atoms with Crippen molar-refractivity contribution in [2.45, 2.75) is 19.3 Å². The zero-order valence-electron chi connectivity index (χ0n) is 19.3. The fourth-order valence-corrected chi connectivity index (χ4v) is 3.27. The van der Waals surface area contributed by atoms with Gasteiger partial charge in [-0.15, -0.1) is 0 Å². The largest absolute Gasteiger partial charge is 0.490 e. The van der Waals surface area contributed by atoms with E-state index in [1.807, 2.05) is 60.7 Å². The third-order valence-electron chi connectivity index (χ3n) is 4.78. The highest BCUT2D eigenvalue weighted by Crippen LogP contribution is 2.16. The van der Waals surface area contributed by atoms with Crippen molar-refractivity contribution in [2.24, 2.45) is 0 Å². The number of ether oxygens (including phenoxy) is 3. The second kappa shape index (κ2) is 14.4. The molecule has 8 heteroatoms. The molecular weight excluding hydrogens is 464 g/mol. The SMILES string of the molecule is O=C(CCC(=O)OCCc1ccccc1)NC(=S)Nc1ccc(OCCOc2ccccc2)cc1. The highest BCUT2D eigenvalue weighted by atomic mass is 32.1. The van der Waals surface area contributed by atoms with E-state index in [-0.39, 0.29) is 30.5 Å². The number of anilines is 1. The number of carbonyl (C=O) groups excluding carboxylic acids is 2. The second-order valence-corrected chi connectivity index (χ2v) is 7.90. The van der Waals surface area contributed by atoms with Gasteiger partial charge in [-0.3, -0.25) is 9.59 Å². The molecule has 3 aromatic carbocycles. The third kappa shape index (κ3) is 10.3. The minimum absolute atomic E-state index is 0.0101. The first-order chi connectivity index (χ1) is 17.1. The molecule has 0 radical (unpaired) electrons. The van der Waals surface area contributed by atoms with Crippen LogP contribution in [0.2, 0.25) is 0 Å². The van der Waals surface area contributed by atoms with E-state index in [4.69, 9.17) is 26.4 Å². The van der Waals surface area contributed by atoms with Crippen LogP contribution in [0, 0.1) is 0 Å². The van der Waals surface area contributed by atoms with Crippen LogP contribution < -0.4 is 20.1 Å². The van der Waals surface area contributed by atoms with E-state index in [0.29, 0.717) is 31.1 Å². The minimum atomic E-state index is -0.417. The van der Waals surface area contributed by atoms with Crippen LogP contribution in [-0.4, -0.2) is 36.8 Å². The number of para-hydroxylation sites is 1. The maximum absolute atomic E-state index is 12.1. The van der Waals surface area contributed by atoms with Crippen LogP contribution in [0.1, 0.15) is 18.4 Å². The third-order valence-corrected chi connectivity index (χ3v) is 4.99. The Morgan fingerprint density at radius 1 is 0.714 bits per heavy atom. The Morgan fingerprint density at radius 3 is 1.97 bits per heavy atom. The van der Waals surface area contributed by atoms with Gasteiger partial charge in [0, 0.05) is 18.5 Å².